The van der Waals surface area contributed by atoms with Crippen molar-refractivity contribution in [2.24, 2.45) is 0 Å². The van der Waals surface area contributed by atoms with Crippen LogP contribution in [0.1, 0.15) is 16.8 Å². The molecule has 0 radical (unpaired) electrons. The Kier molecular flexibility index (Phi) is 5.00. The number of hydrogen-bond donors (Lipinski definition) is 1. The Morgan fingerprint density at radius 2 is 2.00 bits per heavy atom. The number of nitro groups is 1. The Labute approximate surface area is 155 Å². The summed E-state index contributed by atoms with van der Waals surface area (Å²) in [5.41, 5.74) is 0.318. The number of para-hydroxylation sites is 1. The van der Waals surface area contributed by atoms with Crippen molar-refractivity contribution in [1.29, 1.82) is 0 Å². The molecule has 0 spiro atoms. The standard InChI is InChI=1S/C17H17N3O6S/c1-26-16-11-12(19-9-4-10-27(19,24)25)7-8-14(16)18-17(21)13-5-2-3-6-15(13)20(22)23/h2-3,5-8,11H,4,9-10H2,1H3,(H,18,21). The van der Waals surface area contributed by atoms with Gasteiger partial charge in [0.05, 0.1) is 29.2 Å². The molecule has 3 rings (SSSR count). The molecule has 0 bridgehead atoms. The minimum Gasteiger partial charge on any atom is -0.494 e. The zero-order chi connectivity index (χ0) is 19.6. The summed E-state index contributed by atoms with van der Waals surface area (Å²) in [7, 11) is -1.96. The first-order valence-electron chi connectivity index (χ1n) is 8.07. The van der Waals surface area contributed by atoms with Crippen molar-refractivity contribution in [3.8, 4) is 5.75 Å². The van der Waals surface area contributed by atoms with Crippen LogP contribution in [0.3, 0.4) is 0 Å². The molecule has 0 aliphatic carbocycles. The van der Waals surface area contributed by atoms with E-state index in [1.165, 1.54) is 47.8 Å². The van der Waals surface area contributed by atoms with Gasteiger partial charge in [-0.2, -0.15) is 0 Å². The molecule has 1 amide bonds. The number of carbonyl (C=O) groups excluding carboxylic acids is 1. The van der Waals surface area contributed by atoms with E-state index in [9.17, 15) is 23.3 Å². The SMILES string of the molecule is COc1cc(N2CCCS2(=O)=O)ccc1NC(=O)c1ccccc1[N+](=O)[O-]. The molecule has 142 valence electrons. The van der Waals surface area contributed by atoms with Crippen LogP contribution in [-0.2, 0) is 10.0 Å². The van der Waals surface area contributed by atoms with E-state index in [2.05, 4.69) is 5.32 Å². The zero-order valence-electron chi connectivity index (χ0n) is 14.4. The van der Waals surface area contributed by atoms with Crippen molar-refractivity contribution in [1.82, 2.24) is 0 Å². The van der Waals surface area contributed by atoms with Crippen LogP contribution in [0.5, 0.6) is 5.75 Å². The second-order valence-corrected chi connectivity index (χ2v) is 7.87. The summed E-state index contributed by atoms with van der Waals surface area (Å²) >= 11 is 0. The summed E-state index contributed by atoms with van der Waals surface area (Å²) in [6.45, 7) is 0.382. The molecule has 1 aliphatic rings. The number of anilines is 2. The number of benzene rings is 2. The third-order valence-corrected chi connectivity index (χ3v) is 6.04. The molecule has 1 fully saturated rings. The molecule has 1 saturated heterocycles. The van der Waals surface area contributed by atoms with Crippen molar-refractivity contribution in [2.75, 3.05) is 29.0 Å². The van der Waals surface area contributed by atoms with Gasteiger partial charge in [0.1, 0.15) is 11.3 Å². The number of nitro benzene ring substituents is 1. The number of rotatable bonds is 5. The van der Waals surface area contributed by atoms with Crippen LogP contribution < -0.4 is 14.4 Å². The van der Waals surface area contributed by atoms with Crippen LogP contribution in [-0.4, -0.2) is 38.7 Å². The van der Waals surface area contributed by atoms with E-state index >= 15 is 0 Å². The minimum absolute atomic E-state index is 0.0873. The largest absolute Gasteiger partial charge is 0.494 e. The summed E-state index contributed by atoms with van der Waals surface area (Å²) in [5, 5.41) is 13.7. The molecule has 10 heteroatoms. The van der Waals surface area contributed by atoms with E-state index in [-0.39, 0.29) is 28.4 Å². The maximum atomic E-state index is 12.5. The van der Waals surface area contributed by atoms with Gasteiger partial charge in [0.15, 0.2) is 0 Å². The van der Waals surface area contributed by atoms with Gasteiger partial charge in [-0.25, -0.2) is 8.42 Å². The van der Waals surface area contributed by atoms with E-state index in [0.717, 1.165) is 0 Å². The van der Waals surface area contributed by atoms with Crippen LogP contribution in [0, 0.1) is 10.1 Å². The average Bonchev–Trinajstić information content (AvgIpc) is 3.01. The molecule has 1 heterocycles. The van der Waals surface area contributed by atoms with Crippen LogP contribution in [0.4, 0.5) is 17.1 Å². The van der Waals surface area contributed by atoms with Gasteiger partial charge in [0.25, 0.3) is 11.6 Å². The summed E-state index contributed by atoms with van der Waals surface area (Å²) < 4.78 is 30.7. The monoisotopic (exact) mass is 391 g/mol. The molecule has 9 nitrogen and oxygen atoms in total. The Morgan fingerprint density at radius 3 is 2.63 bits per heavy atom. The highest BCUT2D eigenvalue weighted by Gasteiger charge is 2.29. The van der Waals surface area contributed by atoms with Crippen molar-refractivity contribution in [2.45, 2.75) is 6.42 Å². The lowest BCUT2D eigenvalue weighted by molar-refractivity contribution is -0.385. The number of amides is 1. The number of nitrogens with zero attached hydrogens (tertiary/aromatic N) is 2. The number of ether oxygens (including phenoxy) is 1. The lowest BCUT2D eigenvalue weighted by Crippen LogP contribution is -2.25. The maximum Gasteiger partial charge on any atom is 0.282 e. The van der Waals surface area contributed by atoms with Crippen molar-refractivity contribution >= 4 is 33.0 Å². The van der Waals surface area contributed by atoms with E-state index < -0.39 is 20.9 Å². The van der Waals surface area contributed by atoms with Gasteiger partial charge in [-0.15, -0.1) is 0 Å². The summed E-state index contributed by atoms with van der Waals surface area (Å²) in [6.07, 6.45) is 0.542. The predicted molar refractivity (Wildman–Crippen MR) is 99.8 cm³/mol. The highest BCUT2D eigenvalue weighted by molar-refractivity contribution is 7.93. The van der Waals surface area contributed by atoms with Crippen molar-refractivity contribution in [3.05, 3.63) is 58.1 Å². The lowest BCUT2D eigenvalue weighted by Gasteiger charge is -2.19. The molecule has 2 aromatic rings. The van der Waals surface area contributed by atoms with Gasteiger partial charge in [-0.1, -0.05) is 12.1 Å². The minimum atomic E-state index is -3.34. The molecular formula is C17H17N3O6S. The van der Waals surface area contributed by atoms with E-state index in [0.29, 0.717) is 18.7 Å². The fraction of sp³-hybridized carbons (Fsp3) is 0.235. The molecule has 0 atom stereocenters. The number of methoxy groups -OCH3 is 1. The number of carbonyl (C=O) groups is 1. The fourth-order valence-corrected chi connectivity index (χ4v) is 4.44. The molecule has 0 aromatic heterocycles. The Hall–Kier alpha value is -3.14. The fourth-order valence-electron chi connectivity index (χ4n) is 2.88. The van der Waals surface area contributed by atoms with Crippen molar-refractivity contribution in [3.63, 3.8) is 0 Å². The first-order valence-corrected chi connectivity index (χ1v) is 9.67. The molecule has 1 aliphatic heterocycles. The van der Waals surface area contributed by atoms with Crippen LogP contribution in [0.15, 0.2) is 42.5 Å². The number of sulfonamides is 1. The molecule has 1 N–H and O–H groups in total. The lowest BCUT2D eigenvalue weighted by atomic mass is 10.1. The molecule has 27 heavy (non-hydrogen) atoms. The normalized spacial score (nSPS) is 15.4. The summed E-state index contributed by atoms with van der Waals surface area (Å²) in [5.74, 6) is -0.324. The van der Waals surface area contributed by atoms with Gasteiger partial charge < -0.3 is 10.1 Å². The summed E-state index contributed by atoms with van der Waals surface area (Å²) in [4.78, 5) is 22.9. The molecular weight excluding hydrogens is 374 g/mol. The van der Waals surface area contributed by atoms with Gasteiger partial charge in [0.2, 0.25) is 10.0 Å². The highest BCUT2D eigenvalue weighted by Crippen LogP contribution is 2.33. The molecule has 0 unspecified atom stereocenters. The summed E-state index contributed by atoms with van der Waals surface area (Å²) in [6, 6.07) is 10.2. The quantitative estimate of drug-likeness (QED) is 0.617. The van der Waals surface area contributed by atoms with E-state index in [1.807, 2.05) is 0 Å². The first kappa shape index (κ1) is 18.6. The van der Waals surface area contributed by atoms with E-state index in [1.54, 1.807) is 6.07 Å². The van der Waals surface area contributed by atoms with Crippen LogP contribution >= 0.6 is 0 Å². The first-order chi connectivity index (χ1) is 12.8. The third kappa shape index (κ3) is 3.70. The smallest absolute Gasteiger partial charge is 0.282 e. The number of hydrogen-bond acceptors (Lipinski definition) is 6. The highest BCUT2D eigenvalue weighted by atomic mass is 32.2. The Morgan fingerprint density at radius 1 is 1.26 bits per heavy atom. The zero-order valence-corrected chi connectivity index (χ0v) is 15.2. The Bertz CT molecular complexity index is 1010. The second kappa shape index (κ2) is 7.23. The van der Waals surface area contributed by atoms with Crippen LogP contribution in [0.2, 0.25) is 0 Å². The Balaban J connectivity index is 1.90. The predicted octanol–water partition coefficient (Wildman–Crippen LogP) is 2.40. The van der Waals surface area contributed by atoms with Crippen molar-refractivity contribution < 1.29 is 22.9 Å². The number of nitrogens with one attached hydrogen (secondary N) is 1. The topological polar surface area (TPSA) is 119 Å². The third-order valence-electron chi connectivity index (χ3n) is 4.17. The van der Waals surface area contributed by atoms with Gasteiger partial charge in [0, 0.05) is 18.7 Å². The average molecular weight is 391 g/mol. The van der Waals surface area contributed by atoms with Gasteiger partial charge in [-0.3, -0.25) is 19.2 Å². The molecule has 2 aromatic carbocycles. The van der Waals surface area contributed by atoms with E-state index in [4.69, 9.17) is 4.74 Å². The van der Waals surface area contributed by atoms with Crippen LogP contribution in [0.25, 0.3) is 0 Å². The maximum absolute atomic E-state index is 12.5. The van der Waals surface area contributed by atoms with Gasteiger partial charge in [-0.05, 0) is 24.6 Å². The second-order valence-electron chi connectivity index (χ2n) is 5.85. The van der Waals surface area contributed by atoms with Gasteiger partial charge >= 0.3 is 0 Å². The molecule has 0 saturated carbocycles.